The zero-order chi connectivity index (χ0) is 12.3. The molecule has 2 aromatic rings. The minimum atomic E-state index is -0.175. The molecule has 2 heterocycles. The number of thioether (sulfide) groups is 1. The summed E-state index contributed by atoms with van der Waals surface area (Å²) in [6, 6.07) is 5.70. The number of fused-ring (bicyclic) bond motifs is 1. The first-order valence-electron chi connectivity index (χ1n) is 5.15. The van der Waals surface area contributed by atoms with Crippen LogP contribution < -0.4 is 11.3 Å². The van der Waals surface area contributed by atoms with Gasteiger partial charge in [-0.1, -0.05) is 24.8 Å². The fourth-order valence-corrected chi connectivity index (χ4v) is 2.28. The third-order valence-corrected chi connectivity index (χ3v) is 3.54. The van der Waals surface area contributed by atoms with Crippen LogP contribution >= 0.6 is 11.8 Å². The predicted octanol–water partition coefficient (Wildman–Crippen LogP) is 0.447. The summed E-state index contributed by atoms with van der Waals surface area (Å²) in [7, 11) is 0. The molecule has 1 atom stereocenters. The van der Waals surface area contributed by atoms with E-state index in [2.05, 4.69) is 15.6 Å². The summed E-state index contributed by atoms with van der Waals surface area (Å²) in [6.07, 6.45) is 1.89. The van der Waals surface area contributed by atoms with Crippen molar-refractivity contribution in [3.8, 4) is 0 Å². The molecule has 0 aliphatic carbocycles. The Morgan fingerprint density at radius 1 is 1.59 bits per heavy atom. The van der Waals surface area contributed by atoms with Crippen LogP contribution in [0.4, 0.5) is 0 Å². The molecule has 0 spiro atoms. The molecule has 0 saturated carbocycles. The second-order valence-corrected chi connectivity index (χ2v) is 4.62. The van der Waals surface area contributed by atoms with Crippen molar-refractivity contribution >= 4 is 23.3 Å². The van der Waals surface area contributed by atoms with Crippen molar-refractivity contribution in [3.63, 3.8) is 0 Å². The molecule has 6 nitrogen and oxygen atoms in total. The van der Waals surface area contributed by atoms with Crippen molar-refractivity contribution in [2.45, 2.75) is 12.1 Å². The second-order valence-electron chi connectivity index (χ2n) is 3.63. The number of nitrogens with zero attached hydrogens (tertiary/aromatic N) is 3. The lowest BCUT2D eigenvalue weighted by atomic mass is 10.2. The Hall–Kier alpha value is -1.60. The summed E-state index contributed by atoms with van der Waals surface area (Å²) in [5.41, 5.74) is 2.93. The lowest BCUT2D eigenvalue weighted by Crippen LogP contribution is -2.35. The van der Waals surface area contributed by atoms with Crippen LogP contribution in [0.25, 0.3) is 5.65 Å². The van der Waals surface area contributed by atoms with Crippen LogP contribution in [0.5, 0.6) is 0 Å². The Bertz CT molecular complexity index is 526. The number of carbonyl (C=O) groups is 1. The van der Waals surface area contributed by atoms with E-state index in [1.54, 1.807) is 0 Å². The fraction of sp³-hybridized carbons (Fsp3) is 0.300. The summed E-state index contributed by atoms with van der Waals surface area (Å²) in [6.45, 7) is 1.82. The highest BCUT2D eigenvalue weighted by atomic mass is 32.2. The van der Waals surface area contributed by atoms with Crippen LogP contribution in [0.1, 0.15) is 6.92 Å². The molecular formula is C10H13N5OS. The maximum absolute atomic E-state index is 11.2. The minimum absolute atomic E-state index is 0.166. The number of hydrazine groups is 1. The van der Waals surface area contributed by atoms with Crippen molar-refractivity contribution in [2.75, 3.05) is 5.75 Å². The van der Waals surface area contributed by atoms with Gasteiger partial charge >= 0.3 is 0 Å². The van der Waals surface area contributed by atoms with Gasteiger partial charge in [0.1, 0.15) is 0 Å². The van der Waals surface area contributed by atoms with Crippen molar-refractivity contribution < 1.29 is 4.79 Å². The van der Waals surface area contributed by atoms with E-state index in [9.17, 15) is 4.79 Å². The summed E-state index contributed by atoms with van der Waals surface area (Å²) in [5, 5.41) is 8.87. The highest BCUT2D eigenvalue weighted by molar-refractivity contribution is 7.99. The summed E-state index contributed by atoms with van der Waals surface area (Å²) in [5.74, 6) is 5.34. The molecule has 2 rings (SSSR count). The quantitative estimate of drug-likeness (QED) is 0.356. The molecule has 0 bridgehead atoms. The Morgan fingerprint density at radius 3 is 3.18 bits per heavy atom. The zero-order valence-corrected chi connectivity index (χ0v) is 10.1. The number of rotatable bonds is 4. The van der Waals surface area contributed by atoms with Gasteiger partial charge in [-0.25, -0.2) is 5.84 Å². The molecule has 0 aromatic carbocycles. The predicted molar refractivity (Wildman–Crippen MR) is 65.2 cm³/mol. The lowest BCUT2D eigenvalue weighted by Gasteiger charge is -2.07. The maximum Gasteiger partial charge on any atom is 0.237 e. The number of hydrogen-bond acceptors (Lipinski definition) is 5. The van der Waals surface area contributed by atoms with Crippen LogP contribution in [-0.2, 0) is 4.79 Å². The van der Waals surface area contributed by atoms with Gasteiger partial charge in [-0.05, 0) is 12.1 Å². The largest absolute Gasteiger partial charge is 0.294 e. The lowest BCUT2D eigenvalue weighted by molar-refractivity contribution is -0.123. The SMILES string of the molecule is CC(CSc1nnc2ccccn12)C(=O)NN. The van der Waals surface area contributed by atoms with Crippen LogP contribution in [-0.4, -0.2) is 26.3 Å². The monoisotopic (exact) mass is 251 g/mol. The molecule has 3 N–H and O–H groups in total. The van der Waals surface area contributed by atoms with E-state index < -0.39 is 0 Å². The van der Waals surface area contributed by atoms with Crippen LogP contribution in [0, 0.1) is 5.92 Å². The molecule has 90 valence electrons. The number of pyridine rings is 1. The van der Waals surface area contributed by atoms with Gasteiger partial charge in [0, 0.05) is 17.9 Å². The van der Waals surface area contributed by atoms with E-state index in [-0.39, 0.29) is 11.8 Å². The molecule has 0 fully saturated rings. The molecule has 0 aliphatic rings. The van der Waals surface area contributed by atoms with Crippen LogP contribution in [0.3, 0.4) is 0 Å². The van der Waals surface area contributed by atoms with Gasteiger partial charge in [-0.2, -0.15) is 0 Å². The normalized spacial score (nSPS) is 12.6. The summed E-state index contributed by atoms with van der Waals surface area (Å²) < 4.78 is 1.89. The average Bonchev–Trinajstić information content (AvgIpc) is 2.78. The van der Waals surface area contributed by atoms with Crippen molar-refractivity contribution in [1.82, 2.24) is 20.0 Å². The molecule has 1 amide bonds. The van der Waals surface area contributed by atoms with Gasteiger partial charge in [0.15, 0.2) is 10.8 Å². The van der Waals surface area contributed by atoms with E-state index in [0.29, 0.717) is 5.75 Å². The zero-order valence-electron chi connectivity index (χ0n) is 9.33. The molecular weight excluding hydrogens is 238 g/mol. The standard InChI is InChI=1S/C10H13N5OS/c1-7(9(16)12-11)6-17-10-14-13-8-4-2-3-5-15(8)10/h2-5,7H,6,11H2,1H3,(H,12,16). The highest BCUT2D eigenvalue weighted by Crippen LogP contribution is 2.19. The van der Waals surface area contributed by atoms with Crippen LogP contribution in [0.15, 0.2) is 29.6 Å². The van der Waals surface area contributed by atoms with Crippen LogP contribution in [0.2, 0.25) is 0 Å². The van der Waals surface area contributed by atoms with Crippen molar-refractivity contribution in [3.05, 3.63) is 24.4 Å². The Kier molecular flexibility index (Phi) is 3.60. The van der Waals surface area contributed by atoms with E-state index in [1.807, 2.05) is 35.7 Å². The van der Waals surface area contributed by atoms with E-state index in [0.717, 1.165) is 10.8 Å². The van der Waals surface area contributed by atoms with Gasteiger partial charge in [0.2, 0.25) is 5.91 Å². The first kappa shape index (κ1) is 11.9. The molecule has 0 radical (unpaired) electrons. The number of amides is 1. The Balaban J connectivity index is 2.07. The second kappa shape index (κ2) is 5.15. The van der Waals surface area contributed by atoms with E-state index in [4.69, 9.17) is 5.84 Å². The van der Waals surface area contributed by atoms with Gasteiger partial charge in [-0.15, -0.1) is 10.2 Å². The fourth-order valence-electron chi connectivity index (χ4n) is 1.34. The van der Waals surface area contributed by atoms with Gasteiger partial charge in [0.05, 0.1) is 0 Å². The first-order valence-corrected chi connectivity index (χ1v) is 6.14. The highest BCUT2D eigenvalue weighted by Gasteiger charge is 2.13. The Morgan fingerprint density at radius 2 is 2.41 bits per heavy atom. The molecule has 1 unspecified atom stereocenters. The number of nitrogens with two attached hydrogens (primary N) is 1. The summed E-state index contributed by atoms with van der Waals surface area (Å²) >= 11 is 1.48. The Labute approximate surface area is 103 Å². The number of hydrogen-bond donors (Lipinski definition) is 2. The summed E-state index contributed by atoms with van der Waals surface area (Å²) in [4.78, 5) is 11.2. The number of nitrogens with one attached hydrogen (secondary N) is 1. The third kappa shape index (κ3) is 2.56. The third-order valence-electron chi connectivity index (χ3n) is 2.33. The van der Waals surface area contributed by atoms with Gasteiger partial charge < -0.3 is 0 Å². The first-order chi connectivity index (χ1) is 8.22. The number of carbonyl (C=O) groups excluding carboxylic acids is 1. The molecule has 0 aliphatic heterocycles. The topological polar surface area (TPSA) is 85.3 Å². The smallest absolute Gasteiger partial charge is 0.237 e. The average molecular weight is 251 g/mol. The minimum Gasteiger partial charge on any atom is -0.294 e. The van der Waals surface area contributed by atoms with E-state index >= 15 is 0 Å². The molecule has 0 saturated heterocycles. The van der Waals surface area contributed by atoms with Crippen molar-refractivity contribution in [2.24, 2.45) is 11.8 Å². The van der Waals surface area contributed by atoms with E-state index in [1.165, 1.54) is 11.8 Å². The van der Waals surface area contributed by atoms with Crippen molar-refractivity contribution in [1.29, 1.82) is 0 Å². The molecule has 7 heteroatoms. The molecule has 17 heavy (non-hydrogen) atoms. The van der Waals surface area contributed by atoms with Gasteiger partial charge in [-0.3, -0.25) is 14.6 Å². The maximum atomic E-state index is 11.2. The number of aromatic nitrogens is 3. The van der Waals surface area contributed by atoms with Gasteiger partial charge in [0.25, 0.3) is 0 Å². The molecule has 2 aromatic heterocycles.